The molecule has 7 nitrogen and oxygen atoms in total. The Kier molecular flexibility index (Phi) is 6.73. The maximum absolute atomic E-state index is 14.5. The van der Waals surface area contributed by atoms with Crippen LogP contribution in [0.1, 0.15) is 82.3 Å². The first-order valence-electron chi connectivity index (χ1n) is 14.0. The van der Waals surface area contributed by atoms with Crippen LogP contribution in [0.25, 0.3) is 0 Å². The first-order chi connectivity index (χ1) is 18.5. The molecule has 1 aromatic carbocycles. The second-order valence-electron chi connectivity index (χ2n) is 12.7. The van der Waals surface area contributed by atoms with Crippen LogP contribution in [0.2, 0.25) is 10.2 Å². The van der Waals surface area contributed by atoms with E-state index >= 15 is 0 Å². The smallest absolute Gasteiger partial charge is 0.238 e. The molecule has 2 amide bonds. The van der Waals surface area contributed by atoms with Gasteiger partial charge in [0.25, 0.3) is 0 Å². The van der Waals surface area contributed by atoms with Crippen LogP contribution in [0.4, 0.5) is 5.69 Å². The standard InChI is InChI=1S/C30H36Cl2N4O3/c1-28(2)10-12-29(13-11-28)30(21-8-3-18(31)16-22(21)35-27(30)39)24(17-9-14-33-23(32)15-17)25(36-29)26(38)34-19-4-6-20(37)7-5-19/h3,8-9,14-16,19-20,24-25,36-37H,4-7,10-13H2,1-2H3,(H,34,38)(H,35,39)/t19?,20?,24-,25+,30+/m0/s1. The van der Waals surface area contributed by atoms with E-state index in [9.17, 15) is 14.7 Å². The number of anilines is 1. The van der Waals surface area contributed by atoms with E-state index in [1.807, 2.05) is 18.2 Å². The van der Waals surface area contributed by atoms with Gasteiger partial charge in [-0.15, -0.1) is 0 Å². The van der Waals surface area contributed by atoms with E-state index in [0.717, 1.165) is 49.7 Å². The Morgan fingerprint density at radius 2 is 1.77 bits per heavy atom. The highest BCUT2D eigenvalue weighted by Gasteiger charge is 2.72. The summed E-state index contributed by atoms with van der Waals surface area (Å²) in [6.45, 7) is 4.54. The molecule has 2 aromatic rings. The van der Waals surface area contributed by atoms with Crippen molar-refractivity contribution < 1.29 is 14.7 Å². The van der Waals surface area contributed by atoms with Gasteiger partial charge in [0, 0.05) is 34.4 Å². The van der Waals surface area contributed by atoms with Crippen molar-refractivity contribution >= 4 is 40.7 Å². The molecule has 3 atom stereocenters. The Morgan fingerprint density at radius 3 is 2.46 bits per heavy atom. The average Bonchev–Trinajstić information content (AvgIpc) is 3.35. The highest BCUT2D eigenvalue weighted by molar-refractivity contribution is 6.31. The zero-order valence-electron chi connectivity index (χ0n) is 22.4. The molecule has 39 heavy (non-hydrogen) atoms. The molecule has 9 heteroatoms. The third kappa shape index (κ3) is 4.37. The van der Waals surface area contributed by atoms with Crippen LogP contribution in [-0.2, 0) is 15.0 Å². The monoisotopic (exact) mass is 570 g/mol. The lowest BCUT2D eigenvalue weighted by Gasteiger charge is -2.50. The van der Waals surface area contributed by atoms with E-state index < -0.39 is 22.9 Å². The van der Waals surface area contributed by atoms with Crippen molar-refractivity contribution in [2.75, 3.05) is 5.32 Å². The first kappa shape index (κ1) is 27.0. The SMILES string of the molecule is CC1(C)CCC2(CC1)N[C@@H](C(=O)NC1CCC(O)CC1)[C@H](c1ccnc(Cl)c1)[C@]21C(=O)Nc2cc(Cl)ccc21. The zero-order valence-corrected chi connectivity index (χ0v) is 23.9. The number of aliphatic hydroxyl groups is 1. The fraction of sp³-hybridized carbons (Fsp3) is 0.567. The second-order valence-corrected chi connectivity index (χ2v) is 13.5. The van der Waals surface area contributed by atoms with Gasteiger partial charge in [0.1, 0.15) is 10.6 Å². The highest BCUT2D eigenvalue weighted by atomic mass is 35.5. The van der Waals surface area contributed by atoms with Gasteiger partial charge in [-0.3, -0.25) is 14.9 Å². The van der Waals surface area contributed by atoms with E-state index in [4.69, 9.17) is 23.2 Å². The summed E-state index contributed by atoms with van der Waals surface area (Å²) in [7, 11) is 0. The minimum atomic E-state index is -1.04. The summed E-state index contributed by atoms with van der Waals surface area (Å²) >= 11 is 12.8. The molecule has 0 bridgehead atoms. The van der Waals surface area contributed by atoms with Crippen molar-refractivity contribution in [1.82, 2.24) is 15.6 Å². The van der Waals surface area contributed by atoms with Crippen LogP contribution in [-0.4, -0.2) is 45.6 Å². The molecule has 2 aliphatic heterocycles. The van der Waals surface area contributed by atoms with Gasteiger partial charge in [0.15, 0.2) is 0 Å². The van der Waals surface area contributed by atoms with Crippen LogP contribution < -0.4 is 16.0 Å². The van der Waals surface area contributed by atoms with Crippen molar-refractivity contribution in [1.29, 1.82) is 0 Å². The topological polar surface area (TPSA) is 103 Å². The number of fused-ring (bicyclic) bond motifs is 3. The predicted molar refractivity (Wildman–Crippen MR) is 152 cm³/mol. The summed E-state index contributed by atoms with van der Waals surface area (Å²) < 4.78 is 0. The number of halogens is 2. The molecule has 2 aliphatic carbocycles. The third-order valence-corrected chi connectivity index (χ3v) is 10.3. The van der Waals surface area contributed by atoms with Crippen molar-refractivity contribution in [3.05, 3.63) is 57.8 Å². The summed E-state index contributed by atoms with van der Waals surface area (Å²) in [6, 6.07) is 8.60. The van der Waals surface area contributed by atoms with Gasteiger partial charge >= 0.3 is 0 Å². The Morgan fingerprint density at radius 1 is 1.05 bits per heavy atom. The zero-order chi connectivity index (χ0) is 27.6. The van der Waals surface area contributed by atoms with Gasteiger partial charge in [-0.1, -0.05) is 43.1 Å². The maximum atomic E-state index is 14.5. The van der Waals surface area contributed by atoms with Crippen molar-refractivity contribution in [2.45, 2.75) is 100 Å². The summed E-state index contributed by atoms with van der Waals surface area (Å²) in [5.74, 6) is -0.748. The summed E-state index contributed by atoms with van der Waals surface area (Å²) in [4.78, 5) is 32.9. The van der Waals surface area contributed by atoms with E-state index in [1.54, 1.807) is 18.3 Å². The van der Waals surface area contributed by atoms with Crippen molar-refractivity contribution in [3.63, 3.8) is 0 Å². The summed E-state index contributed by atoms with van der Waals surface area (Å²) in [5.41, 5.74) is 0.839. The van der Waals surface area contributed by atoms with Gasteiger partial charge in [-0.2, -0.15) is 0 Å². The average molecular weight is 572 g/mol. The molecule has 2 spiro atoms. The van der Waals surface area contributed by atoms with Crippen molar-refractivity contribution in [2.24, 2.45) is 5.41 Å². The molecule has 208 valence electrons. The van der Waals surface area contributed by atoms with E-state index in [2.05, 4.69) is 34.8 Å². The van der Waals surface area contributed by atoms with E-state index in [0.29, 0.717) is 28.7 Å². The minimum absolute atomic E-state index is 0.00864. The Hall–Kier alpha value is -2.19. The number of hydrogen-bond donors (Lipinski definition) is 4. The molecule has 1 aromatic heterocycles. The Bertz CT molecular complexity index is 1300. The number of aliphatic hydroxyl groups excluding tert-OH is 1. The van der Waals surface area contributed by atoms with E-state index in [-0.39, 0.29) is 29.4 Å². The van der Waals surface area contributed by atoms with Crippen LogP contribution >= 0.6 is 23.2 Å². The normalized spacial score (nSPS) is 32.7. The lowest BCUT2D eigenvalue weighted by atomic mass is 9.53. The number of benzene rings is 1. The maximum Gasteiger partial charge on any atom is 0.238 e. The minimum Gasteiger partial charge on any atom is -0.393 e. The molecular formula is C30H36Cl2N4O3. The fourth-order valence-corrected chi connectivity index (χ4v) is 8.16. The lowest BCUT2D eigenvalue weighted by molar-refractivity contribution is -0.125. The van der Waals surface area contributed by atoms with Gasteiger partial charge in [0.2, 0.25) is 11.8 Å². The number of carbonyl (C=O) groups excluding carboxylic acids is 2. The number of carbonyl (C=O) groups is 2. The van der Waals surface area contributed by atoms with Gasteiger partial charge in [-0.05, 0) is 92.2 Å². The molecular weight excluding hydrogens is 535 g/mol. The summed E-state index contributed by atoms with van der Waals surface area (Å²) in [5, 5.41) is 21.1. The Balaban J connectivity index is 1.51. The number of nitrogens with zero attached hydrogens (tertiary/aromatic N) is 1. The summed E-state index contributed by atoms with van der Waals surface area (Å²) in [6.07, 6.45) is 7.51. The molecule has 6 rings (SSSR count). The van der Waals surface area contributed by atoms with Crippen LogP contribution in [0.15, 0.2) is 36.5 Å². The lowest BCUT2D eigenvalue weighted by Crippen LogP contribution is -2.61. The highest BCUT2D eigenvalue weighted by Crippen LogP contribution is 2.63. The second kappa shape index (κ2) is 9.72. The van der Waals surface area contributed by atoms with Crippen molar-refractivity contribution in [3.8, 4) is 0 Å². The van der Waals surface area contributed by atoms with Gasteiger partial charge in [0.05, 0.1) is 12.1 Å². The quantitative estimate of drug-likeness (QED) is 0.385. The molecule has 4 aliphatic rings. The van der Waals surface area contributed by atoms with Crippen LogP contribution in [0.5, 0.6) is 0 Å². The molecule has 2 saturated carbocycles. The Labute approximate surface area is 239 Å². The molecule has 4 N–H and O–H groups in total. The molecule has 3 fully saturated rings. The number of rotatable bonds is 3. The molecule has 3 heterocycles. The number of nitrogens with one attached hydrogen (secondary N) is 3. The largest absolute Gasteiger partial charge is 0.393 e. The number of amides is 2. The van der Waals surface area contributed by atoms with E-state index in [1.165, 1.54) is 0 Å². The number of aromatic nitrogens is 1. The molecule has 0 unspecified atom stereocenters. The molecule has 0 radical (unpaired) electrons. The number of pyridine rings is 1. The fourth-order valence-electron chi connectivity index (χ4n) is 7.81. The van der Waals surface area contributed by atoms with Gasteiger partial charge in [-0.25, -0.2) is 4.98 Å². The molecule has 1 saturated heterocycles. The van der Waals surface area contributed by atoms with Gasteiger partial charge < -0.3 is 15.7 Å². The first-order valence-corrected chi connectivity index (χ1v) is 14.8. The number of hydrogen-bond acceptors (Lipinski definition) is 5. The third-order valence-electron chi connectivity index (χ3n) is 9.89. The predicted octanol–water partition coefficient (Wildman–Crippen LogP) is 5.09. The van der Waals surface area contributed by atoms with Crippen LogP contribution in [0.3, 0.4) is 0 Å². The van der Waals surface area contributed by atoms with Crippen LogP contribution in [0, 0.1) is 5.41 Å².